The van der Waals surface area contributed by atoms with Crippen LogP contribution in [-0.4, -0.2) is 16.8 Å². The Morgan fingerprint density at radius 1 is 1.29 bits per heavy atom. The Balaban J connectivity index is 2.38. The smallest absolute Gasteiger partial charge is 0.107 e. The van der Waals surface area contributed by atoms with Crippen molar-refractivity contribution in [1.82, 2.24) is 0 Å². The normalized spacial score (nSPS) is 19.1. The summed E-state index contributed by atoms with van der Waals surface area (Å²) in [5, 5.41) is 7.66. The molecule has 0 fully saturated rings. The van der Waals surface area contributed by atoms with E-state index in [0.29, 0.717) is 4.32 Å². The first-order valence-corrected chi connectivity index (χ1v) is 4.92. The molecule has 4 heteroatoms. The summed E-state index contributed by atoms with van der Waals surface area (Å²) >= 11 is 10.7. The van der Waals surface area contributed by atoms with E-state index >= 15 is 0 Å². The van der Waals surface area contributed by atoms with Gasteiger partial charge in [0.15, 0.2) is 0 Å². The number of fused-ring (bicyclic) bond motifs is 1. The standard InChI is InChI=1S/C10H7ClN2S/c11-10(14)8-1-2-9-6-13-12-4-3-7(9)5-8/h1-4,6H,5H2. The van der Waals surface area contributed by atoms with Crippen molar-refractivity contribution in [2.24, 2.45) is 10.2 Å². The van der Waals surface area contributed by atoms with E-state index in [4.69, 9.17) is 23.8 Å². The van der Waals surface area contributed by atoms with Crippen LogP contribution in [0.15, 0.2) is 45.2 Å². The molecule has 0 spiro atoms. The summed E-state index contributed by atoms with van der Waals surface area (Å²) in [5.74, 6) is 0. The van der Waals surface area contributed by atoms with Gasteiger partial charge in [0.25, 0.3) is 0 Å². The highest BCUT2D eigenvalue weighted by molar-refractivity contribution is 7.83. The second-order valence-electron chi connectivity index (χ2n) is 2.97. The Hall–Kier alpha value is -1.06. The molecule has 0 atom stereocenters. The van der Waals surface area contributed by atoms with Crippen LogP contribution in [0.4, 0.5) is 0 Å². The fourth-order valence-electron chi connectivity index (χ4n) is 1.34. The molecule has 0 unspecified atom stereocenters. The predicted molar refractivity (Wildman–Crippen MR) is 64.3 cm³/mol. The number of halogens is 1. The lowest BCUT2D eigenvalue weighted by Gasteiger charge is -2.12. The fraction of sp³-hybridized carbons (Fsp3) is 0.100. The molecule has 1 aliphatic carbocycles. The third kappa shape index (κ3) is 1.89. The molecule has 0 bridgehead atoms. The average molecular weight is 223 g/mol. The third-order valence-electron chi connectivity index (χ3n) is 2.07. The number of allylic oxidation sites excluding steroid dienone is 6. The Morgan fingerprint density at radius 3 is 2.93 bits per heavy atom. The highest BCUT2D eigenvalue weighted by atomic mass is 35.5. The van der Waals surface area contributed by atoms with Crippen molar-refractivity contribution in [3.8, 4) is 0 Å². The van der Waals surface area contributed by atoms with Crippen molar-refractivity contribution in [3.63, 3.8) is 0 Å². The molecule has 2 nitrogen and oxygen atoms in total. The van der Waals surface area contributed by atoms with Crippen molar-refractivity contribution in [3.05, 3.63) is 34.9 Å². The van der Waals surface area contributed by atoms with Gasteiger partial charge in [0.2, 0.25) is 0 Å². The van der Waals surface area contributed by atoms with Crippen LogP contribution in [0.2, 0.25) is 0 Å². The molecule has 0 aromatic rings. The minimum atomic E-state index is 0.430. The number of thiocarbonyl (C=S) groups is 1. The van der Waals surface area contributed by atoms with E-state index in [9.17, 15) is 0 Å². The number of rotatable bonds is 1. The van der Waals surface area contributed by atoms with Crippen molar-refractivity contribution < 1.29 is 0 Å². The quantitative estimate of drug-likeness (QED) is 0.495. The topological polar surface area (TPSA) is 24.7 Å². The number of hydrogen-bond acceptors (Lipinski definition) is 3. The van der Waals surface area contributed by atoms with Gasteiger partial charge in [-0.15, -0.1) is 0 Å². The van der Waals surface area contributed by atoms with E-state index in [2.05, 4.69) is 10.2 Å². The number of nitrogens with zero attached hydrogens (tertiary/aromatic N) is 2. The van der Waals surface area contributed by atoms with E-state index in [-0.39, 0.29) is 0 Å². The molecule has 0 saturated carbocycles. The van der Waals surface area contributed by atoms with Gasteiger partial charge < -0.3 is 0 Å². The van der Waals surface area contributed by atoms with Crippen LogP contribution in [-0.2, 0) is 0 Å². The van der Waals surface area contributed by atoms with Gasteiger partial charge in [0, 0.05) is 12.6 Å². The van der Waals surface area contributed by atoms with Gasteiger partial charge in [0.1, 0.15) is 4.32 Å². The van der Waals surface area contributed by atoms with Gasteiger partial charge in [-0.1, -0.05) is 36.0 Å². The van der Waals surface area contributed by atoms with Crippen LogP contribution in [0.5, 0.6) is 0 Å². The van der Waals surface area contributed by atoms with Crippen molar-refractivity contribution in [2.75, 3.05) is 0 Å². The summed E-state index contributed by atoms with van der Waals surface area (Å²) in [6, 6.07) is 0. The maximum Gasteiger partial charge on any atom is 0.107 e. The molecular weight excluding hydrogens is 216 g/mol. The SMILES string of the molecule is S=C(Cl)C1=CC=C2C=NN=CC=C2C1. The monoisotopic (exact) mass is 222 g/mol. The molecule has 14 heavy (non-hydrogen) atoms. The molecule has 70 valence electrons. The van der Waals surface area contributed by atoms with E-state index < -0.39 is 0 Å². The Kier molecular flexibility index (Phi) is 2.70. The summed E-state index contributed by atoms with van der Waals surface area (Å²) in [4.78, 5) is 0. The molecule has 0 N–H and O–H groups in total. The molecule has 0 amide bonds. The van der Waals surface area contributed by atoms with Crippen LogP contribution in [0.3, 0.4) is 0 Å². The molecule has 0 saturated heterocycles. The second-order valence-corrected chi connectivity index (χ2v) is 3.98. The molecule has 0 radical (unpaired) electrons. The van der Waals surface area contributed by atoms with Crippen molar-refractivity contribution in [2.45, 2.75) is 6.42 Å². The van der Waals surface area contributed by atoms with E-state index in [1.807, 2.05) is 18.2 Å². The summed E-state index contributed by atoms with van der Waals surface area (Å²) in [5.41, 5.74) is 3.19. The van der Waals surface area contributed by atoms with Crippen molar-refractivity contribution in [1.29, 1.82) is 0 Å². The zero-order valence-electron chi connectivity index (χ0n) is 7.27. The van der Waals surface area contributed by atoms with Gasteiger partial charge in [-0.25, -0.2) is 0 Å². The maximum atomic E-state index is 5.77. The Bertz CT molecular complexity index is 427. The zero-order chi connectivity index (χ0) is 9.97. The third-order valence-corrected chi connectivity index (χ3v) is 2.58. The van der Waals surface area contributed by atoms with E-state index in [0.717, 1.165) is 23.1 Å². The van der Waals surface area contributed by atoms with Crippen LogP contribution < -0.4 is 0 Å². The molecule has 2 rings (SSSR count). The van der Waals surface area contributed by atoms with Crippen LogP contribution in [0.1, 0.15) is 6.42 Å². The van der Waals surface area contributed by atoms with Gasteiger partial charge in [-0.3, -0.25) is 0 Å². The molecular formula is C10H7ClN2S. The first-order chi connectivity index (χ1) is 6.77. The van der Waals surface area contributed by atoms with Gasteiger partial charge in [-0.2, -0.15) is 10.2 Å². The zero-order valence-corrected chi connectivity index (χ0v) is 8.85. The highest BCUT2D eigenvalue weighted by Crippen LogP contribution is 2.25. The molecule has 1 aliphatic heterocycles. The van der Waals surface area contributed by atoms with Crippen LogP contribution >= 0.6 is 23.8 Å². The summed E-state index contributed by atoms with van der Waals surface area (Å²) in [7, 11) is 0. The number of hydrogen-bond donors (Lipinski definition) is 0. The molecule has 1 heterocycles. The fourth-order valence-corrected chi connectivity index (χ4v) is 1.61. The van der Waals surface area contributed by atoms with E-state index in [1.165, 1.54) is 0 Å². The van der Waals surface area contributed by atoms with Crippen LogP contribution in [0, 0.1) is 0 Å². The highest BCUT2D eigenvalue weighted by Gasteiger charge is 2.13. The lowest BCUT2D eigenvalue weighted by atomic mass is 9.94. The lowest BCUT2D eigenvalue weighted by molar-refractivity contribution is 1.20. The Morgan fingerprint density at radius 2 is 2.14 bits per heavy atom. The molecule has 0 aromatic heterocycles. The molecule has 2 aliphatic rings. The minimum absolute atomic E-state index is 0.430. The van der Waals surface area contributed by atoms with Crippen LogP contribution in [0.25, 0.3) is 0 Å². The molecule has 0 aromatic carbocycles. The lowest BCUT2D eigenvalue weighted by Crippen LogP contribution is -2.02. The maximum absolute atomic E-state index is 5.77. The Labute approximate surface area is 92.4 Å². The predicted octanol–water partition coefficient (Wildman–Crippen LogP) is 2.81. The van der Waals surface area contributed by atoms with Crippen molar-refractivity contribution >= 4 is 40.6 Å². The van der Waals surface area contributed by atoms with Gasteiger partial charge in [0.05, 0.1) is 6.21 Å². The van der Waals surface area contributed by atoms with E-state index in [1.54, 1.807) is 12.4 Å². The first-order valence-electron chi connectivity index (χ1n) is 4.14. The summed E-state index contributed by atoms with van der Waals surface area (Å²) in [6.45, 7) is 0. The second kappa shape index (κ2) is 3.98. The largest absolute Gasteiger partial charge is 0.159 e. The summed E-state index contributed by atoms with van der Waals surface area (Å²) in [6.07, 6.45) is 9.98. The van der Waals surface area contributed by atoms with Gasteiger partial charge >= 0.3 is 0 Å². The first kappa shape index (κ1) is 9.49. The van der Waals surface area contributed by atoms with Gasteiger partial charge in [-0.05, 0) is 22.8 Å². The summed E-state index contributed by atoms with van der Waals surface area (Å²) < 4.78 is 0.430. The average Bonchev–Trinajstić information content (AvgIpc) is 2.41. The minimum Gasteiger partial charge on any atom is -0.159 e.